The van der Waals surface area contributed by atoms with Gasteiger partial charge in [-0.05, 0) is 62.9 Å². The first kappa shape index (κ1) is 22.7. The predicted molar refractivity (Wildman–Crippen MR) is 132 cm³/mol. The van der Waals surface area contributed by atoms with E-state index < -0.39 is 5.60 Å². The summed E-state index contributed by atoms with van der Waals surface area (Å²) in [4.78, 5) is 23.3. The van der Waals surface area contributed by atoms with E-state index in [9.17, 15) is 4.79 Å². The third kappa shape index (κ3) is 5.13. The van der Waals surface area contributed by atoms with Gasteiger partial charge in [-0.15, -0.1) is 0 Å². The van der Waals surface area contributed by atoms with Crippen molar-refractivity contribution in [1.82, 2.24) is 9.88 Å². The van der Waals surface area contributed by atoms with E-state index in [1.807, 2.05) is 45.2 Å². The van der Waals surface area contributed by atoms with Crippen LogP contribution in [-0.2, 0) is 4.74 Å². The van der Waals surface area contributed by atoms with E-state index >= 15 is 0 Å². The van der Waals surface area contributed by atoms with E-state index in [1.54, 1.807) is 16.7 Å². The number of pyridine rings is 1. The predicted octanol–water partition coefficient (Wildman–Crippen LogP) is 6.40. The van der Waals surface area contributed by atoms with Gasteiger partial charge in [-0.3, -0.25) is 0 Å². The molecule has 2 aromatic carbocycles. The Labute approximate surface area is 198 Å². The van der Waals surface area contributed by atoms with Gasteiger partial charge in [0.15, 0.2) is 0 Å². The smallest absolute Gasteiger partial charge is 0.410 e. The highest BCUT2D eigenvalue weighted by molar-refractivity contribution is 7.99. The molecule has 3 aromatic rings. The molecule has 0 unspecified atom stereocenters. The molecule has 1 aliphatic heterocycles. The second-order valence-electron chi connectivity index (χ2n) is 8.96. The summed E-state index contributed by atoms with van der Waals surface area (Å²) in [6.07, 6.45) is 1.60. The minimum Gasteiger partial charge on any atom is -0.444 e. The largest absolute Gasteiger partial charge is 0.444 e. The number of rotatable bonds is 3. The summed E-state index contributed by atoms with van der Waals surface area (Å²) in [5.74, 6) is 0.949. The Morgan fingerprint density at radius 3 is 2.53 bits per heavy atom. The van der Waals surface area contributed by atoms with Crippen molar-refractivity contribution in [2.75, 3.05) is 31.1 Å². The molecule has 1 aromatic heterocycles. The number of anilines is 1. The molecule has 4 rings (SSSR count). The summed E-state index contributed by atoms with van der Waals surface area (Å²) in [7, 11) is 0. The lowest BCUT2D eigenvalue weighted by molar-refractivity contribution is 0.0240. The van der Waals surface area contributed by atoms with Gasteiger partial charge in [0, 0.05) is 47.6 Å². The molecular formula is C25H28ClN3O2S. The number of ether oxygens (including phenoxy) is 1. The van der Waals surface area contributed by atoms with Crippen molar-refractivity contribution in [1.29, 1.82) is 0 Å². The third-order valence-electron chi connectivity index (χ3n) is 5.33. The van der Waals surface area contributed by atoms with Crippen LogP contribution in [0.5, 0.6) is 0 Å². The molecule has 1 aliphatic rings. The number of piperazine rings is 1. The molecule has 0 spiro atoms. The van der Waals surface area contributed by atoms with Gasteiger partial charge in [0.1, 0.15) is 11.4 Å². The SMILES string of the molecule is Cc1cccc(Cl)c1Sc1ccc2ccnc(N3CCN(C(=O)OC(C)(C)C)CC3)c2c1. The van der Waals surface area contributed by atoms with E-state index in [0.717, 1.165) is 37.0 Å². The Kier molecular flexibility index (Phi) is 6.54. The van der Waals surface area contributed by atoms with Gasteiger partial charge < -0.3 is 14.5 Å². The number of fused-ring (bicyclic) bond motifs is 1. The molecule has 0 N–H and O–H groups in total. The zero-order chi connectivity index (χ0) is 22.9. The van der Waals surface area contributed by atoms with Crippen molar-refractivity contribution in [2.45, 2.75) is 43.1 Å². The lowest BCUT2D eigenvalue weighted by atomic mass is 10.1. The molecule has 2 heterocycles. The van der Waals surface area contributed by atoms with E-state index in [-0.39, 0.29) is 6.09 Å². The van der Waals surface area contributed by atoms with E-state index in [2.05, 4.69) is 36.1 Å². The first-order chi connectivity index (χ1) is 15.2. The Balaban J connectivity index is 1.55. The van der Waals surface area contributed by atoms with E-state index in [0.29, 0.717) is 26.2 Å². The summed E-state index contributed by atoms with van der Waals surface area (Å²) in [6.45, 7) is 10.4. The van der Waals surface area contributed by atoms with Crippen LogP contribution in [0.3, 0.4) is 0 Å². The maximum absolute atomic E-state index is 12.4. The van der Waals surface area contributed by atoms with Crippen LogP contribution < -0.4 is 4.90 Å². The molecule has 5 nitrogen and oxygen atoms in total. The van der Waals surface area contributed by atoms with Gasteiger partial charge in [-0.2, -0.15) is 0 Å². The molecule has 1 fully saturated rings. The van der Waals surface area contributed by atoms with Crippen LogP contribution in [0.2, 0.25) is 5.02 Å². The van der Waals surface area contributed by atoms with Crippen LogP contribution in [0.1, 0.15) is 26.3 Å². The highest BCUT2D eigenvalue weighted by Crippen LogP contribution is 2.38. The van der Waals surface area contributed by atoms with Crippen molar-refractivity contribution in [3.63, 3.8) is 0 Å². The summed E-state index contributed by atoms with van der Waals surface area (Å²) in [5.41, 5.74) is 0.673. The van der Waals surface area contributed by atoms with Gasteiger partial charge in [0.25, 0.3) is 0 Å². The molecule has 168 valence electrons. The number of aryl methyl sites for hydroxylation is 1. The monoisotopic (exact) mass is 469 g/mol. The van der Waals surface area contributed by atoms with Crippen molar-refractivity contribution < 1.29 is 9.53 Å². The number of hydrogen-bond acceptors (Lipinski definition) is 5. The van der Waals surface area contributed by atoms with Crippen LogP contribution in [-0.4, -0.2) is 47.8 Å². The van der Waals surface area contributed by atoms with Gasteiger partial charge in [-0.25, -0.2) is 9.78 Å². The number of aromatic nitrogens is 1. The minimum absolute atomic E-state index is 0.253. The number of carbonyl (C=O) groups excluding carboxylic acids is 1. The third-order valence-corrected chi connectivity index (χ3v) is 6.99. The zero-order valence-corrected chi connectivity index (χ0v) is 20.5. The van der Waals surface area contributed by atoms with Crippen LogP contribution in [0, 0.1) is 6.92 Å². The summed E-state index contributed by atoms with van der Waals surface area (Å²) in [6, 6.07) is 14.4. The van der Waals surface area contributed by atoms with Crippen molar-refractivity contribution >= 4 is 46.0 Å². The molecule has 0 atom stereocenters. The molecule has 1 saturated heterocycles. The highest BCUT2D eigenvalue weighted by atomic mass is 35.5. The quantitative estimate of drug-likeness (QED) is 0.443. The summed E-state index contributed by atoms with van der Waals surface area (Å²) in [5, 5.41) is 3.01. The zero-order valence-electron chi connectivity index (χ0n) is 18.9. The number of halogens is 1. The van der Waals surface area contributed by atoms with Crippen LogP contribution in [0.4, 0.5) is 10.6 Å². The molecule has 1 amide bonds. The Morgan fingerprint density at radius 1 is 1.09 bits per heavy atom. The Bertz CT molecular complexity index is 1120. The fourth-order valence-electron chi connectivity index (χ4n) is 3.74. The summed E-state index contributed by atoms with van der Waals surface area (Å²) >= 11 is 8.12. The maximum atomic E-state index is 12.4. The van der Waals surface area contributed by atoms with E-state index in [4.69, 9.17) is 21.3 Å². The first-order valence-corrected chi connectivity index (χ1v) is 12.0. The Morgan fingerprint density at radius 2 is 1.84 bits per heavy atom. The highest BCUT2D eigenvalue weighted by Gasteiger charge is 2.27. The number of benzene rings is 2. The fraction of sp³-hybridized carbons (Fsp3) is 0.360. The average molecular weight is 470 g/mol. The van der Waals surface area contributed by atoms with Crippen LogP contribution in [0.25, 0.3) is 10.8 Å². The number of nitrogens with zero attached hydrogens (tertiary/aromatic N) is 3. The minimum atomic E-state index is -0.487. The molecule has 0 aliphatic carbocycles. The van der Waals surface area contributed by atoms with Crippen molar-refractivity contribution in [3.8, 4) is 0 Å². The van der Waals surface area contributed by atoms with Crippen molar-refractivity contribution in [2.24, 2.45) is 0 Å². The lowest BCUT2D eigenvalue weighted by Gasteiger charge is -2.36. The standard InChI is InChI=1S/C25H28ClN3O2S/c1-17-6-5-7-21(26)22(17)32-19-9-8-18-10-11-27-23(20(18)16-19)28-12-14-29(15-13-28)24(30)31-25(2,3)4/h5-11,16H,12-15H2,1-4H3. The number of hydrogen-bond donors (Lipinski definition) is 0. The molecule has 0 radical (unpaired) electrons. The second-order valence-corrected chi connectivity index (χ2v) is 10.5. The normalized spacial score (nSPS) is 14.7. The van der Waals surface area contributed by atoms with Gasteiger partial charge in [0.2, 0.25) is 0 Å². The topological polar surface area (TPSA) is 45.7 Å². The number of amides is 1. The van der Waals surface area contributed by atoms with Gasteiger partial charge >= 0.3 is 6.09 Å². The molecule has 32 heavy (non-hydrogen) atoms. The molecule has 0 saturated carbocycles. The van der Waals surface area contributed by atoms with Crippen LogP contribution >= 0.6 is 23.4 Å². The lowest BCUT2D eigenvalue weighted by Crippen LogP contribution is -2.50. The van der Waals surface area contributed by atoms with Gasteiger partial charge in [-0.1, -0.05) is 41.6 Å². The summed E-state index contributed by atoms with van der Waals surface area (Å²) < 4.78 is 5.52. The molecular weight excluding hydrogens is 442 g/mol. The second kappa shape index (κ2) is 9.20. The first-order valence-electron chi connectivity index (χ1n) is 10.8. The molecule has 0 bridgehead atoms. The fourth-order valence-corrected chi connectivity index (χ4v) is 5.02. The maximum Gasteiger partial charge on any atom is 0.410 e. The average Bonchev–Trinajstić information content (AvgIpc) is 2.75. The van der Waals surface area contributed by atoms with Gasteiger partial charge in [0.05, 0.1) is 5.02 Å². The Hall–Kier alpha value is -2.44. The molecule has 7 heteroatoms. The van der Waals surface area contributed by atoms with Crippen molar-refractivity contribution in [3.05, 3.63) is 59.2 Å². The van der Waals surface area contributed by atoms with Crippen LogP contribution in [0.15, 0.2) is 58.5 Å². The number of carbonyl (C=O) groups is 1. The van der Waals surface area contributed by atoms with E-state index in [1.165, 1.54) is 0 Å².